The van der Waals surface area contributed by atoms with E-state index in [9.17, 15) is 17.6 Å². The number of hydrogen-bond donors (Lipinski definition) is 1. The maximum absolute atomic E-state index is 13.2. The summed E-state index contributed by atoms with van der Waals surface area (Å²) in [4.78, 5) is 12.6. The summed E-state index contributed by atoms with van der Waals surface area (Å²) in [6.07, 6.45) is 0.774. The number of nitrogens with zero attached hydrogens (tertiary/aromatic N) is 3. The number of carbonyl (C=O) groups excluding carboxylic acids is 1. The molecule has 152 valence electrons. The number of aryl methyl sites for hydroxylation is 1. The molecule has 4 rings (SSSR count). The van der Waals surface area contributed by atoms with Gasteiger partial charge in [-0.1, -0.05) is 6.07 Å². The van der Waals surface area contributed by atoms with E-state index in [1.54, 1.807) is 19.1 Å². The van der Waals surface area contributed by atoms with E-state index < -0.39 is 10.0 Å². The van der Waals surface area contributed by atoms with Crippen LogP contribution >= 0.6 is 0 Å². The molecular weight excluding hydrogens is 399 g/mol. The van der Waals surface area contributed by atoms with Crippen molar-refractivity contribution in [1.29, 1.82) is 0 Å². The zero-order valence-electron chi connectivity index (χ0n) is 15.6. The van der Waals surface area contributed by atoms with Crippen molar-refractivity contribution >= 4 is 32.7 Å². The molecule has 1 aliphatic heterocycles. The largest absolute Gasteiger partial charge is 0.326 e. The Labute approximate surface area is 166 Å². The number of piperidine rings is 1. The Morgan fingerprint density at radius 2 is 1.97 bits per heavy atom. The summed E-state index contributed by atoms with van der Waals surface area (Å²) < 4.78 is 45.3. The fourth-order valence-electron chi connectivity index (χ4n) is 3.49. The molecule has 0 aliphatic carbocycles. The average Bonchev–Trinajstić information content (AvgIpc) is 3.19. The van der Waals surface area contributed by atoms with Crippen molar-refractivity contribution in [2.24, 2.45) is 5.92 Å². The summed E-state index contributed by atoms with van der Waals surface area (Å²) >= 11 is 0. The SMILES string of the molecule is Cc1cc(F)ccc1NC(=O)C1CCN(S(=O)(=O)c2cccc3nonc23)CC1. The highest BCUT2D eigenvalue weighted by Gasteiger charge is 2.33. The van der Waals surface area contributed by atoms with Gasteiger partial charge in [0.2, 0.25) is 15.9 Å². The maximum Gasteiger partial charge on any atom is 0.245 e. The number of halogens is 1. The molecule has 1 saturated heterocycles. The van der Waals surface area contributed by atoms with Crippen LogP contribution in [0.25, 0.3) is 11.0 Å². The summed E-state index contributed by atoms with van der Waals surface area (Å²) in [5.41, 5.74) is 1.75. The zero-order valence-corrected chi connectivity index (χ0v) is 16.4. The van der Waals surface area contributed by atoms with E-state index >= 15 is 0 Å². The molecule has 1 aromatic heterocycles. The molecule has 0 bridgehead atoms. The second kappa shape index (κ2) is 7.53. The van der Waals surface area contributed by atoms with E-state index in [1.807, 2.05) is 0 Å². The number of sulfonamides is 1. The molecule has 0 spiro atoms. The van der Waals surface area contributed by atoms with Gasteiger partial charge in [0.05, 0.1) is 0 Å². The van der Waals surface area contributed by atoms with Gasteiger partial charge in [-0.2, -0.15) is 4.31 Å². The highest BCUT2D eigenvalue weighted by atomic mass is 32.2. The van der Waals surface area contributed by atoms with Crippen molar-refractivity contribution in [3.63, 3.8) is 0 Å². The minimum absolute atomic E-state index is 0.0427. The highest BCUT2D eigenvalue weighted by Crippen LogP contribution is 2.28. The number of amides is 1. The van der Waals surface area contributed by atoms with Crippen LogP contribution in [-0.2, 0) is 14.8 Å². The van der Waals surface area contributed by atoms with Crippen LogP contribution in [0.1, 0.15) is 18.4 Å². The van der Waals surface area contributed by atoms with E-state index in [2.05, 4.69) is 20.3 Å². The quantitative estimate of drug-likeness (QED) is 0.698. The van der Waals surface area contributed by atoms with Gasteiger partial charge >= 0.3 is 0 Å². The zero-order chi connectivity index (χ0) is 20.6. The number of benzene rings is 2. The molecule has 3 aromatic rings. The summed E-state index contributed by atoms with van der Waals surface area (Å²) in [7, 11) is -3.78. The number of aromatic nitrogens is 2. The van der Waals surface area contributed by atoms with Crippen molar-refractivity contribution in [3.8, 4) is 0 Å². The van der Waals surface area contributed by atoms with E-state index in [0.29, 0.717) is 29.6 Å². The third-order valence-electron chi connectivity index (χ3n) is 5.14. The lowest BCUT2D eigenvalue weighted by molar-refractivity contribution is -0.120. The van der Waals surface area contributed by atoms with Crippen molar-refractivity contribution in [1.82, 2.24) is 14.6 Å². The van der Waals surface area contributed by atoms with Crippen LogP contribution in [0.5, 0.6) is 0 Å². The first kappa shape index (κ1) is 19.5. The average molecular weight is 418 g/mol. The molecule has 10 heteroatoms. The Kier molecular flexibility index (Phi) is 5.05. The van der Waals surface area contributed by atoms with Gasteiger partial charge in [-0.3, -0.25) is 4.79 Å². The molecule has 1 aliphatic rings. The number of nitrogens with one attached hydrogen (secondary N) is 1. The van der Waals surface area contributed by atoms with Gasteiger partial charge in [0, 0.05) is 24.7 Å². The predicted molar refractivity (Wildman–Crippen MR) is 103 cm³/mol. The molecule has 8 nitrogen and oxygen atoms in total. The summed E-state index contributed by atoms with van der Waals surface area (Å²) in [5.74, 6) is -0.883. The first-order chi connectivity index (χ1) is 13.9. The summed E-state index contributed by atoms with van der Waals surface area (Å²) in [5, 5.41) is 10.2. The molecule has 2 aromatic carbocycles. The fourth-order valence-corrected chi connectivity index (χ4v) is 5.10. The van der Waals surface area contributed by atoms with Gasteiger partial charge in [0.1, 0.15) is 16.2 Å². The third-order valence-corrected chi connectivity index (χ3v) is 7.07. The van der Waals surface area contributed by atoms with E-state index in [1.165, 1.54) is 28.6 Å². The van der Waals surface area contributed by atoms with E-state index in [4.69, 9.17) is 0 Å². The first-order valence-corrected chi connectivity index (χ1v) is 10.6. The Hall–Kier alpha value is -2.85. The minimum atomic E-state index is -3.78. The molecule has 0 radical (unpaired) electrons. The second-order valence-electron chi connectivity index (χ2n) is 7.01. The van der Waals surface area contributed by atoms with Gasteiger partial charge in [-0.05, 0) is 66.0 Å². The molecule has 29 heavy (non-hydrogen) atoms. The van der Waals surface area contributed by atoms with E-state index in [0.717, 1.165) is 0 Å². The number of fused-ring (bicyclic) bond motifs is 1. The predicted octanol–water partition coefficient (Wildman–Crippen LogP) is 2.71. The Balaban J connectivity index is 1.45. The van der Waals surface area contributed by atoms with Crippen molar-refractivity contribution in [2.45, 2.75) is 24.7 Å². The van der Waals surface area contributed by atoms with Gasteiger partial charge < -0.3 is 5.32 Å². The molecule has 1 amide bonds. The normalized spacial score (nSPS) is 16.2. The molecule has 0 atom stereocenters. The number of anilines is 1. The third kappa shape index (κ3) is 3.73. The minimum Gasteiger partial charge on any atom is -0.326 e. The molecule has 0 saturated carbocycles. The Morgan fingerprint density at radius 1 is 1.21 bits per heavy atom. The molecule has 1 N–H and O–H groups in total. The van der Waals surface area contributed by atoms with Crippen LogP contribution in [0, 0.1) is 18.7 Å². The fraction of sp³-hybridized carbons (Fsp3) is 0.316. The molecule has 2 heterocycles. The Bertz CT molecular complexity index is 1170. The number of rotatable bonds is 4. The van der Waals surface area contributed by atoms with Gasteiger partial charge in [0.25, 0.3) is 0 Å². The topological polar surface area (TPSA) is 105 Å². The smallest absolute Gasteiger partial charge is 0.245 e. The molecule has 0 unspecified atom stereocenters. The molecule has 1 fully saturated rings. The maximum atomic E-state index is 13.2. The summed E-state index contributed by atoms with van der Waals surface area (Å²) in [6, 6.07) is 8.84. The van der Waals surface area contributed by atoms with Crippen molar-refractivity contribution < 1.29 is 22.2 Å². The van der Waals surface area contributed by atoms with Gasteiger partial charge in [-0.15, -0.1) is 0 Å². The highest BCUT2D eigenvalue weighted by molar-refractivity contribution is 7.89. The van der Waals surface area contributed by atoms with Crippen LogP contribution < -0.4 is 5.32 Å². The van der Waals surface area contributed by atoms with Crippen molar-refractivity contribution in [3.05, 3.63) is 47.8 Å². The first-order valence-electron chi connectivity index (χ1n) is 9.15. The van der Waals surface area contributed by atoms with Crippen LogP contribution in [0.3, 0.4) is 0 Å². The van der Waals surface area contributed by atoms with Crippen LogP contribution in [0.2, 0.25) is 0 Å². The standard InChI is InChI=1S/C19H19FN4O4S/c1-12-11-14(20)5-6-15(12)21-19(25)13-7-9-24(10-8-13)29(26,27)17-4-2-3-16-18(17)23-28-22-16/h2-6,11,13H,7-10H2,1H3,(H,21,25). The lowest BCUT2D eigenvalue weighted by Crippen LogP contribution is -2.41. The van der Waals surface area contributed by atoms with Gasteiger partial charge in [0.15, 0.2) is 5.52 Å². The Morgan fingerprint density at radius 3 is 2.69 bits per heavy atom. The second-order valence-corrected chi connectivity index (χ2v) is 8.92. The number of carbonyl (C=O) groups is 1. The van der Waals surface area contributed by atoms with Crippen LogP contribution in [0.15, 0.2) is 45.9 Å². The van der Waals surface area contributed by atoms with Crippen molar-refractivity contribution in [2.75, 3.05) is 18.4 Å². The van der Waals surface area contributed by atoms with E-state index in [-0.39, 0.29) is 41.1 Å². The van der Waals surface area contributed by atoms with Crippen LogP contribution in [0.4, 0.5) is 10.1 Å². The number of hydrogen-bond acceptors (Lipinski definition) is 6. The molecular formula is C19H19FN4O4S. The van der Waals surface area contributed by atoms with Crippen LogP contribution in [-0.4, -0.2) is 42.0 Å². The lowest BCUT2D eigenvalue weighted by Gasteiger charge is -2.30. The monoisotopic (exact) mass is 418 g/mol. The summed E-state index contributed by atoms with van der Waals surface area (Å²) in [6.45, 7) is 2.14. The van der Waals surface area contributed by atoms with Gasteiger partial charge in [-0.25, -0.2) is 17.4 Å². The lowest BCUT2D eigenvalue weighted by atomic mass is 9.97.